The van der Waals surface area contributed by atoms with Crippen LogP contribution < -0.4 is 4.57 Å². The van der Waals surface area contributed by atoms with Gasteiger partial charge in [-0.15, -0.1) is 0 Å². The van der Waals surface area contributed by atoms with Gasteiger partial charge >= 0.3 is 0 Å². The second-order valence-electron chi connectivity index (χ2n) is 8.13. The second-order valence-corrected chi connectivity index (χ2v) is 8.13. The van der Waals surface area contributed by atoms with Crippen LogP contribution in [-0.2, 0) is 13.5 Å². The molecule has 0 amide bonds. The highest BCUT2D eigenvalue weighted by atomic mass is 14.9. The molecule has 1 aliphatic carbocycles. The number of aryl methyl sites for hydroxylation is 2. The molecule has 0 N–H and O–H groups in total. The first-order valence-electron chi connectivity index (χ1n) is 10.4. The summed E-state index contributed by atoms with van der Waals surface area (Å²) in [7, 11) is 2.14. The van der Waals surface area contributed by atoms with Gasteiger partial charge in [0.25, 0.3) is 0 Å². The summed E-state index contributed by atoms with van der Waals surface area (Å²) in [5, 5.41) is 0. The van der Waals surface area contributed by atoms with E-state index < -0.39 is 0 Å². The molecule has 1 fully saturated rings. The van der Waals surface area contributed by atoms with Gasteiger partial charge in [0.2, 0.25) is 5.69 Å². The molecule has 1 saturated carbocycles. The van der Waals surface area contributed by atoms with Crippen molar-refractivity contribution in [3.05, 3.63) is 78.0 Å². The molecular formula is C26H30N+. The van der Waals surface area contributed by atoms with Gasteiger partial charge in [-0.2, -0.15) is 0 Å². The van der Waals surface area contributed by atoms with E-state index in [0.29, 0.717) is 0 Å². The topological polar surface area (TPSA) is 3.88 Å². The Hall–Kier alpha value is -2.41. The van der Waals surface area contributed by atoms with Crippen molar-refractivity contribution >= 4 is 0 Å². The quantitative estimate of drug-likeness (QED) is 0.485. The average molecular weight is 357 g/mol. The molecule has 1 heteroatoms. The third kappa shape index (κ3) is 4.13. The van der Waals surface area contributed by atoms with Crippen LogP contribution in [0.15, 0.2) is 66.9 Å². The number of nitrogens with zero attached hydrogens (tertiary/aromatic N) is 1. The van der Waals surface area contributed by atoms with Crippen LogP contribution in [0.1, 0.15) is 43.2 Å². The van der Waals surface area contributed by atoms with Crippen molar-refractivity contribution in [2.24, 2.45) is 13.0 Å². The zero-order chi connectivity index (χ0) is 18.6. The van der Waals surface area contributed by atoms with E-state index in [2.05, 4.69) is 85.4 Å². The van der Waals surface area contributed by atoms with Gasteiger partial charge in [-0.25, -0.2) is 4.57 Å². The number of hydrogen-bond donors (Lipinski definition) is 0. The number of rotatable bonds is 4. The molecular weight excluding hydrogens is 326 g/mol. The van der Waals surface area contributed by atoms with Gasteiger partial charge in [-0.05, 0) is 48.1 Å². The van der Waals surface area contributed by atoms with E-state index in [9.17, 15) is 0 Å². The van der Waals surface area contributed by atoms with Crippen LogP contribution in [0.4, 0.5) is 0 Å². The fraction of sp³-hybridized carbons (Fsp3) is 0.346. The Morgan fingerprint density at radius 2 is 1.52 bits per heavy atom. The van der Waals surface area contributed by atoms with Crippen LogP contribution in [0.2, 0.25) is 0 Å². The molecule has 1 heterocycles. The summed E-state index contributed by atoms with van der Waals surface area (Å²) in [5.74, 6) is 0.899. The molecule has 27 heavy (non-hydrogen) atoms. The lowest BCUT2D eigenvalue weighted by Gasteiger charge is -2.21. The molecule has 1 aliphatic rings. The molecule has 0 atom stereocenters. The van der Waals surface area contributed by atoms with Crippen LogP contribution in [0.25, 0.3) is 22.4 Å². The smallest absolute Gasteiger partial charge is 0.200 e. The molecule has 0 bridgehead atoms. The molecule has 0 spiro atoms. The Morgan fingerprint density at radius 3 is 2.22 bits per heavy atom. The van der Waals surface area contributed by atoms with Crippen molar-refractivity contribution < 1.29 is 4.57 Å². The summed E-state index contributed by atoms with van der Waals surface area (Å²) in [6, 6.07) is 22.3. The van der Waals surface area contributed by atoms with Crippen molar-refractivity contribution in [1.82, 2.24) is 0 Å². The number of pyridine rings is 1. The summed E-state index contributed by atoms with van der Waals surface area (Å²) < 4.78 is 2.24. The van der Waals surface area contributed by atoms with Gasteiger partial charge in [-0.3, -0.25) is 0 Å². The molecule has 0 unspecified atom stereocenters. The van der Waals surface area contributed by atoms with Gasteiger partial charge in [0.05, 0.1) is 0 Å². The first kappa shape index (κ1) is 18.0. The predicted molar refractivity (Wildman–Crippen MR) is 114 cm³/mol. The van der Waals surface area contributed by atoms with Gasteiger partial charge in [0.15, 0.2) is 6.20 Å². The van der Waals surface area contributed by atoms with Crippen molar-refractivity contribution in [3.8, 4) is 22.4 Å². The molecule has 0 radical (unpaired) electrons. The normalized spacial score (nSPS) is 15.0. The second kappa shape index (κ2) is 8.08. The minimum Gasteiger partial charge on any atom is -0.200 e. The van der Waals surface area contributed by atoms with E-state index in [1.54, 1.807) is 0 Å². The lowest BCUT2D eigenvalue weighted by atomic mass is 9.85. The van der Waals surface area contributed by atoms with Gasteiger partial charge in [-0.1, -0.05) is 74.6 Å². The lowest BCUT2D eigenvalue weighted by molar-refractivity contribution is -0.659. The van der Waals surface area contributed by atoms with E-state index >= 15 is 0 Å². The zero-order valence-corrected chi connectivity index (χ0v) is 16.6. The fourth-order valence-electron chi connectivity index (χ4n) is 4.48. The third-order valence-corrected chi connectivity index (χ3v) is 6.09. The van der Waals surface area contributed by atoms with E-state index in [1.165, 1.54) is 72.0 Å². The standard InChI is InChI=1S/C26H30N/c1-20-8-6-7-11-25(20)26-17-16-24(19-27(26)2)23-14-12-22(13-15-23)18-21-9-4-3-5-10-21/h6-8,11-17,19,21H,3-5,9-10,18H2,1-2H3/q+1. The number of benzene rings is 2. The minimum absolute atomic E-state index is 0.899. The molecule has 3 aromatic rings. The van der Waals surface area contributed by atoms with E-state index in [4.69, 9.17) is 0 Å². The van der Waals surface area contributed by atoms with E-state index in [-0.39, 0.29) is 0 Å². The van der Waals surface area contributed by atoms with Crippen molar-refractivity contribution in [2.45, 2.75) is 45.4 Å². The summed E-state index contributed by atoms with van der Waals surface area (Å²) in [5.41, 5.74) is 7.94. The van der Waals surface area contributed by atoms with E-state index in [0.717, 1.165) is 5.92 Å². The highest BCUT2D eigenvalue weighted by Crippen LogP contribution is 2.28. The van der Waals surface area contributed by atoms with Crippen molar-refractivity contribution in [1.29, 1.82) is 0 Å². The molecule has 2 aromatic carbocycles. The zero-order valence-electron chi connectivity index (χ0n) is 16.6. The molecule has 138 valence electrons. The SMILES string of the molecule is Cc1ccccc1-c1ccc(-c2ccc(CC3CCCCC3)cc2)c[n+]1C. The lowest BCUT2D eigenvalue weighted by Crippen LogP contribution is -2.30. The van der Waals surface area contributed by atoms with Crippen LogP contribution in [0, 0.1) is 12.8 Å². The van der Waals surface area contributed by atoms with Gasteiger partial charge < -0.3 is 0 Å². The maximum Gasteiger partial charge on any atom is 0.212 e. The molecule has 4 rings (SSSR count). The minimum atomic E-state index is 0.899. The van der Waals surface area contributed by atoms with Crippen molar-refractivity contribution in [2.75, 3.05) is 0 Å². The van der Waals surface area contributed by atoms with Crippen LogP contribution in [-0.4, -0.2) is 0 Å². The Morgan fingerprint density at radius 1 is 0.815 bits per heavy atom. The van der Waals surface area contributed by atoms with Gasteiger partial charge in [0, 0.05) is 17.2 Å². The fourth-order valence-corrected chi connectivity index (χ4v) is 4.48. The maximum atomic E-state index is 2.33. The number of aromatic nitrogens is 1. The Balaban J connectivity index is 1.53. The monoisotopic (exact) mass is 356 g/mol. The highest BCUT2D eigenvalue weighted by molar-refractivity contribution is 5.66. The number of hydrogen-bond acceptors (Lipinski definition) is 0. The van der Waals surface area contributed by atoms with E-state index in [1.807, 2.05) is 0 Å². The first-order chi connectivity index (χ1) is 13.2. The Bertz CT molecular complexity index is 902. The summed E-state index contributed by atoms with van der Waals surface area (Å²) in [4.78, 5) is 0. The largest absolute Gasteiger partial charge is 0.212 e. The Kier molecular flexibility index (Phi) is 5.38. The van der Waals surface area contributed by atoms with Crippen LogP contribution >= 0.6 is 0 Å². The highest BCUT2D eigenvalue weighted by Gasteiger charge is 2.15. The molecule has 0 aliphatic heterocycles. The summed E-state index contributed by atoms with van der Waals surface area (Å²) in [6.07, 6.45) is 10.6. The van der Waals surface area contributed by atoms with Crippen molar-refractivity contribution in [3.63, 3.8) is 0 Å². The third-order valence-electron chi connectivity index (χ3n) is 6.09. The van der Waals surface area contributed by atoms with Crippen LogP contribution in [0.5, 0.6) is 0 Å². The predicted octanol–water partition coefficient (Wildman–Crippen LogP) is 6.28. The first-order valence-corrected chi connectivity index (χ1v) is 10.4. The average Bonchev–Trinajstić information content (AvgIpc) is 2.70. The van der Waals surface area contributed by atoms with Crippen LogP contribution in [0.3, 0.4) is 0 Å². The van der Waals surface area contributed by atoms with Gasteiger partial charge in [0.1, 0.15) is 7.05 Å². The maximum absolute atomic E-state index is 2.33. The molecule has 1 aromatic heterocycles. The molecule has 0 saturated heterocycles. The Labute approximate surface area is 163 Å². The summed E-state index contributed by atoms with van der Waals surface area (Å²) in [6.45, 7) is 2.17. The molecule has 1 nitrogen and oxygen atoms in total. The summed E-state index contributed by atoms with van der Waals surface area (Å²) >= 11 is 0.